The van der Waals surface area contributed by atoms with E-state index in [0.29, 0.717) is 19.4 Å². The van der Waals surface area contributed by atoms with Gasteiger partial charge in [-0.3, -0.25) is 4.79 Å². The summed E-state index contributed by atoms with van der Waals surface area (Å²) in [6.45, 7) is 1.48. The van der Waals surface area contributed by atoms with Crippen LogP contribution in [0, 0.1) is 5.92 Å². The van der Waals surface area contributed by atoms with Gasteiger partial charge < -0.3 is 14.2 Å². The molecule has 6 heteroatoms. The molecule has 2 atom stereocenters. The van der Waals surface area contributed by atoms with Gasteiger partial charge in [-0.05, 0) is 25.7 Å². The van der Waals surface area contributed by atoms with Crippen LogP contribution < -0.4 is 0 Å². The van der Waals surface area contributed by atoms with Crippen LogP contribution in [0.2, 0.25) is 0 Å². The molecule has 114 valence electrons. The molecule has 0 N–H and O–H groups in total. The van der Waals surface area contributed by atoms with E-state index in [1.54, 1.807) is 4.90 Å². The minimum Gasteiger partial charge on any atom is -0.467 e. The normalized spacial score (nSPS) is 25.3. The van der Waals surface area contributed by atoms with E-state index in [1.165, 1.54) is 7.11 Å². The first-order valence-corrected chi connectivity index (χ1v) is 7.58. The summed E-state index contributed by atoms with van der Waals surface area (Å²) in [4.78, 5) is 30.6. The fourth-order valence-corrected chi connectivity index (χ4v) is 3.39. The zero-order chi connectivity index (χ0) is 14.8. The van der Waals surface area contributed by atoms with Crippen LogP contribution in [0.15, 0.2) is 12.5 Å². The predicted molar refractivity (Wildman–Crippen MR) is 75.4 cm³/mol. The highest BCUT2D eigenvalue weighted by Crippen LogP contribution is 2.26. The molecule has 0 aromatic carbocycles. The number of hydrogen-bond acceptors (Lipinski definition) is 4. The third kappa shape index (κ3) is 2.66. The molecule has 1 aromatic rings. The topological polar surface area (TPSA) is 64.4 Å². The second-order valence-electron chi connectivity index (χ2n) is 5.83. The third-order valence-electron chi connectivity index (χ3n) is 4.58. The lowest BCUT2D eigenvalue weighted by atomic mass is 9.92. The van der Waals surface area contributed by atoms with Gasteiger partial charge in [-0.2, -0.15) is 0 Å². The smallest absolute Gasteiger partial charge is 0.328 e. The molecule has 1 amide bonds. The van der Waals surface area contributed by atoms with E-state index >= 15 is 0 Å². The van der Waals surface area contributed by atoms with Gasteiger partial charge in [-0.25, -0.2) is 9.78 Å². The van der Waals surface area contributed by atoms with E-state index in [-0.39, 0.29) is 17.8 Å². The highest BCUT2D eigenvalue weighted by atomic mass is 16.5. The molecule has 3 rings (SSSR count). The zero-order valence-electron chi connectivity index (χ0n) is 12.3. The summed E-state index contributed by atoms with van der Waals surface area (Å²) in [5.74, 6) is -0.235. The Bertz CT molecular complexity index is 540. The van der Waals surface area contributed by atoms with Crippen LogP contribution in [0.1, 0.15) is 31.4 Å². The Morgan fingerprint density at radius 2 is 2.14 bits per heavy atom. The molecular formula is C15H21N3O3. The van der Waals surface area contributed by atoms with Crippen molar-refractivity contribution in [3.05, 3.63) is 18.2 Å². The lowest BCUT2D eigenvalue weighted by Gasteiger charge is -2.37. The average Bonchev–Trinajstić information content (AvgIpc) is 3.01. The highest BCUT2D eigenvalue weighted by molar-refractivity contribution is 5.86. The van der Waals surface area contributed by atoms with Crippen molar-refractivity contribution in [1.29, 1.82) is 0 Å². The summed E-state index contributed by atoms with van der Waals surface area (Å²) in [5.41, 5.74) is 1.10. The second-order valence-corrected chi connectivity index (χ2v) is 5.83. The summed E-state index contributed by atoms with van der Waals surface area (Å²) in [6, 6.07) is -0.400. The van der Waals surface area contributed by atoms with Crippen molar-refractivity contribution in [1.82, 2.24) is 14.5 Å². The molecule has 3 heterocycles. The largest absolute Gasteiger partial charge is 0.467 e. The zero-order valence-corrected chi connectivity index (χ0v) is 12.3. The van der Waals surface area contributed by atoms with Crippen LogP contribution >= 0.6 is 0 Å². The van der Waals surface area contributed by atoms with Crippen LogP contribution in [0.5, 0.6) is 0 Å². The van der Waals surface area contributed by atoms with Gasteiger partial charge in [-0.1, -0.05) is 0 Å². The van der Waals surface area contributed by atoms with Crippen molar-refractivity contribution in [2.75, 3.05) is 13.7 Å². The first-order valence-electron chi connectivity index (χ1n) is 7.58. The molecule has 2 aliphatic rings. The Hall–Kier alpha value is -1.85. The van der Waals surface area contributed by atoms with Gasteiger partial charge in [0.1, 0.15) is 6.04 Å². The number of carbonyl (C=O) groups excluding carboxylic acids is 2. The van der Waals surface area contributed by atoms with Crippen LogP contribution in [0.25, 0.3) is 0 Å². The number of aromatic nitrogens is 2. The van der Waals surface area contributed by atoms with Gasteiger partial charge in [0.05, 0.1) is 13.4 Å². The van der Waals surface area contributed by atoms with E-state index in [4.69, 9.17) is 4.74 Å². The Balaban J connectivity index is 1.73. The monoisotopic (exact) mass is 291 g/mol. The number of piperidine rings is 1. The summed E-state index contributed by atoms with van der Waals surface area (Å²) in [7, 11) is 1.39. The number of likely N-dealkylation sites (tertiary alicyclic amines) is 1. The molecule has 0 radical (unpaired) electrons. The molecule has 1 saturated heterocycles. The van der Waals surface area contributed by atoms with Gasteiger partial charge >= 0.3 is 5.97 Å². The van der Waals surface area contributed by atoms with Gasteiger partial charge in [0, 0.05) is 37.3 Å². The fourth-order valence-electron chi connectivity index (χ4n) is 3.39. The van der Waals surface area contributed by atoms with Crippen molar-refractivity contribution in [2.45, 2.75) is 44.7 Å². The van der Waals surface area contributed by atoms with Crippen molar-refractivity contribution >= 4 is 11.9 Å². The average molecular weight is 291 g/mol. The molecule has 0 saturated carbocycles. The Kier molecular flexibility index (Phi) is 3.94. The van der Waals surface area contributed by atoms with E-state index < -0.39 is 6.04 Å². The van der Waals surface area contributed by atoms with E-state index in [0.717, 1.165) is 31.5 Å². The van der Waals surface area contributed by atoms with Crippen molar-refractivity contribution in [3.8, 4) is 0 Å². The van der Waals surface area contributed by atoms with Gasteiger partial charge in [0.15, 0.2) is 0 Å². The standard InChI is InChI=1S/C15H21N3O3/c1-21-15(20)13-4-2-3-6-18(13)14(19)11-5-7-17-10-16-9-12(17)8-11/h9-11,13H,2-8H2,1H3. The molecule has 0 spiro atoms. The third-order valence-corrected chi connectivity index (χ3v) is 4.58. The minimum absolute atomic E-state index is 0.0422. The lowest BCUT2D eigenvalue weighted by Crippen LogP contribution is -2.51. The lowest BCUT2D eigenvalue weighted by molar-refractivity contribution is -0.156. The van der Waals surface area contributed by atoms with E-state index in [9.17, 15) is 9.59 Å². The number of methoxy groups -OCH3 is 1. The molecule has 2 unspecified atom stereocenters. The highest BCUT2D eigenvalue weighted by Gasteiger charge is 2.37. The van der Waals surface area contributed by atoms with Crippen molar-refractivity contribution in [3.63, 3.8) is 0 Å². The quantitative estimate of drug-likeness (QED) is 0.763. The number of aryl methyl sites for hydroxylation is 1. The molecule has 6 nitrogen and oxygen atoms in total. The molecule has 2 aliphatic heterocycles. The summed E-state index contributed by atoms with van der Waals surface area (Å²) in [5, 5.41) is 0. The van der Waals surface area contributed by atoms with Crippen LogP contribution in [0.3, 0.4) is 0 Å². The number of ether oxygens (including phenoxy) is 1. The second kappa shape index (κ2) is 5.87. The van der Waals surface area contributed by atoms with Gasteiger partial charge in [0.25, 0.3) is 0 Å². The fraction of sp³-hybridized carbons (Fsp3) is 0.667. The molecule has 0 aliphatic carbocycles. The van der Waals surface area contributed by atoms with Crippen LogP contribution in [0.4, 0.5) is 0 Å². The molecular weight excluding hydrogens is 270 g/mol. The van der Waals surface area contributed by atoms with Crippen molar-refractivity contribution in [2.24, 2.45) is 5.92 Å². The van der Waals surface area contributed by atoms with E-state index in [1.807, 2.05) is 12.5 Å². The Morgan fingerprint density at radius 1 is 1.29 bits per heavy atom. The molecule has 1 aromatic heterocycles. The number of rotatable bonds is 2. The Labute approximate surface area is 124 Å². The maximum atomic E-state index is 12.8. The number of carbonyl (C=O) groups is 2. The summed E-state index contributed by atoms with van der Waals surface area (Å²) in [6.07, 6.45) is 7.81. The number of nitrogens with zero attached hydrogens (tertiary/aromatic N) is 3. The van der Waals surface area contributed by atoms with Gasteiger partial charge in [-0.15, -0.1) is 0 Å². The van der Waals surface area contributed by atoms with Crippen LogP contribution in [-0.2, 0) is 27.3 Å². The van der Waals surface area contributed by atoms with Crippen molar-refractivity contribution < 1.29 is 14.3 Å². The molecule has 1 fully saturated rings. The van der Waals surface area contributed by atoms with E-state index in [2.05, 4.69) is 9.55 Å². The maximum absolute atomic E-state index is 12.8. The number of esters is 1. The Morgan fingerprint density at radius 3 is 2.95 bits per heavy atom. The first-order chi connectivity index (χ1) is 10.2. The number of amides is 1. The number of hydrogen-bond donors (Lipinski definition) is 0. The van der Waals surface area contributed by atoms with Crippen LogP contribution in [-0.4, -0.2) is 46.0 Å². The predicted octanol–water partition coefficient (Wildman–Crippen LogP) is 1.000. The molecule has 0 bridgehead atoms. The number of imidazole rings is 1. The maximum Gasteiger partial charge on any atom is 0.328 e. The summed E-state index contributed by atoms with van der Waals surface area (Å²) >= 11 is 0. The minimum atomic E-state index is -0.400. The number of fused-ring (bicyclic) bond motifs is 1. The SMILES string of the molecule is COC(=O)C1CCCCN1C(=O)C1CCn2cncc2C1. The van der Waals surface area contributed by atoms with Gasteiger partial charge in [0.2, 0.25) is 5.91 Å². The summed E-state index contributed by atoms with van der Waals surface area (Å²) < 4.78 is 6.95. The molecule has 21 heavy (non-hydrogen) atoms. The first kappa shape index (κ1) is 14.1.